The summed E-state index contributed by atoms with van der Waals surface area (Å²) >= 11 is 1.22. The SMILES string of the molecule is O=C(CS[C@H]1CC(=O)N(c2ccccc2)C1=O)Nc1ccc(N2CCCCC2)cc1. The van der Waals surface area contributed by atoms with E-state index in [1.165, 1.54) is 41.6 Å². The number of carbonyl (C=O) groups is 3. The van der Waals surface area contributed by atoms with Gasteiger partial charge in [0.2, 0.25) is 17.7 Å². The minimum absolute atomic E-state index is 0.121. The van der Waals surface area contributed by atoms with Gasteiger partial charge in [-0.05, 0) is 55.7 Å². The van der Waals surface area contributed by atoms with E-state index in [0.29, 0.717) is 5.69 Å². The first kappa shape index (κ1) is 20.5. The summed E-state index contributed by atoms with van der Waals surface area (Å²) in [6.45, 7) is 2.16. The van der Waals surface area contributed by atoms with Crippen molar-refractivity contribution in [2.45, 2.75) is 30.9 Å². The van der Waals surface area contributed by atoms with Gasteiger partial charge in [-0.1, -0.05) is 18.2 Å². The fourth-order valence-electron chi connectivity index (χ4n) is 3.86. The van der Waals surface area contributed by atoms with Crippen molar-refractivity contribution in [1.82, 2.24) is 0 Å². The summed E-state index contributed by atoms with van der Waals surface area (Å²) in [4.78, 5) is 40.8. The van der Waals surface area contributed by atoms with Crippen LogP contribution in [0.2, 0.25) is 0 Å². The molecular formula is C23H25N3O3S. The van der Waals surface area contributed by atoms with Crippen molar-refractivity contribution in [3.05, 3.63) is 54.6 Å². The minimum atomic E-state index is -0.523. The Labute approximate surface area is 180 Å². The Hall–Kier alpha value is -2.80. The minimum Gasteiger partial charge on any atom is -0.372 e. The molecule has 0 aliphatic carbocycles. The fraction of sp³-hybridized carbons (Fsp3) is 0.348. The molecule has 0 aromatic heterocycles. The highest BCUT2D eigenvalue weighted by Gasteiger charge is 2.39. The van der Waals surface area contributed by atoms with Gasteiger partial charge in [0, 0.05) is 30.9 Å². The Balaban J connectivity index is 1.28. The average molecular weight is 424 g/mol. The number of nitrogens with zero attached hydrogens (tertiary/aromatic N) is 2. The highest BCUT2D eigenvalue weighted by atomic mass is 32.2. The molecule has 7 heteroatoms. The number of thioether (sulfide) groups is 1. The van der Waals surface area contributed by atoms with E-state index in [0.717, 1.165) is 18.8 Å². The van der Waals surface area contributed by atoms with Gasteiger partial charge in [0.05, 0.1) is 16.7 Å². The van der Waals surface area contributed by atoms with Crippen LogP contribution in [0.4, 0.5) is 17.1 Å². The van der Waals surface area contributed by atoms with E-state index in [1.807, 2.05) is 30.3 Å². The zero-order chi connectivity index (χ0) is 20.9. The molecule has 2 aromatic rings. The van der Waals surface area contributed by atoms with Gasteiger partial charge in [-0.25, -0.2) is 4.90 Å². The lowest BCUT2D eigenvalue weighted by Crippen LogP contribution is -2.31. The molecule has 0 saturated carbocycles. The molecule has 4 rings (SSSR count). The van der Waals surface area contributed by atoms with E-state index in [4.69, 9.17) is 0 Å². The Morgan fingerprint density at radius 1 is 0.933 bits per heavy atom. The predicted molar refractivity (Wildman–Crippen MR) is 121 cm³/mol. The third-order valence-corrected chi connectivity index (χ3v) is 6.61. The second kappa shape index (κ2) is 9.34. The molecule has 2 fully saturated rings. The maximum atomic E-state index is 12.6. The third kappa shape index (κ3) is 4.67. The zero-order valence-corrected chi connectivity index (χ0v) is 17.6. The lowest BCUT2D eigenvalue weighted by molar-refractivity contribution is -0.121. The Kier molecular flexibility index (Phi) is 6.38. The number of imide groups is 1. The van der Waals surface area contributed by atoms with Gasteiger partial charge in [0.1, 0.15) is 0 Å². The third-order valence-electron chi connectivity index (χ3n) is 5.41. The topological polar surface area (TPSA) is 69.7 Å². The van der Waals surface area contributed by atoms with Crippen LogP contribution in [0, 0.1) is 0 Å². The smallest absolute Gasteiger partial charge is 0.247 e. The molecule has 2 aliphatic rings. The van der Waals surface area contributed by atoms with Crippen LogP contribution < -0.4 is 15.1 Å². The molecule has 0 radical (unpaired) electrons. The number of para-hydroxylation sites is 1. The van der Waals surface area contributed by atoms with Crippen LogP contribution in [0.1, 0.15) is 25.7 Å². The summed E-state index contributed by atoms with van der Waals surface area (Å²) in [5.41, 5.74) is 2.49. The number of carbonyl (C=O) groups excluding carboxylic acids is 3. The normalized spacial score (nSPS) is 19.3. The number of anilines is 3. The van der Waals surface area contributed by atoms with Crippen molar-refractivity contribution in [2.24, 2.45) is 0 Å². The number of piperidine rings is 1. The van der Waals surface area contributed by atoms with E-state index in [-0.39, 0.29) is 29.9 Å². The Morgan fingerprint density at radius 3 is 2.33 bits per heavy atom. The van der Waals surface area contributed by atoms with Gasteiger partial charge in [0.15, 0.2) is 0 Å². The van der Waals surface area contributed by atoms with Crippen LogP contribution in [0.3, 0.4) is 0 Å². The van der Waals surface area contributed by atoms with Crippen LogP contribution in [-0.2, 0) is 14.4 Å². The molecule has 2 heterocycles. The Bertz CT molecular complexity index is 911. The summed E-state index contributed by atoms with van der Waals surface area (Å²) in [5.74, 6) is -0.531. The van der Waals surface area contributed by atoms with Crippen LogP contribution in [0.5, 0.6) is 0 Å². The zero-order valence-electron chi connectivity index (χ0n) is 16.8. The van der Waals surface area contributed by atoms with E-state index in [1.54, 1.807) is 24.3 Å². The lowest BCUT2D eigenvalue weighted by Gasteiger charge is -2.28. The standard InChI is InChI=1S/C23H25N3O3S/c27-21(24-17-9-11-18(12-10-17)25-13-5-2-6-14-25)16-30-20-15-22(28)26(23(20)29)19-7-3-1-4-8-19/h1,3-4,7-12,20H,2,5-6,13-16H2,(H,24,27)/t20-/m0/s1. The van der Waals surface area contributed by atoms with E-state index in [2.05, 4.69) is 10.2 Å². The highest BCUT2D eigenvalue weighted by Crippen LogP contribution is 2.29. The van der Waals surface area contributed by atoms with Gasteiger partial charge in [-0.15, -0.1) is 11.8 Å². The lowest BCUT2D eigenvalue weighted by atomic mass is 10.1. The molecule has 6 nitrogen and oxygen atoms in total. The fourth-order valence-corrected chi connectivity index (χ4v) is 4.80. The number of hydrogen-bond donors (Lipinski definition) is 1. The maximum absolute atomic E-state index is 12.6. The number of amides is 3. The van der Waals surface area contributed by atoms with Crippen molar-refractivity contribution in [3.63, 3.8) is 0 Å². The van der Waals surface area contributed by atoms with Crippen LogP contribution in [0.15, 0.2) is 54.6 Å². The largest absolute Gasteiger partial charge is 0.372 e. The molecule has 2 aromatic carbocycles. The van der Waals surface area contributed by atoms with Gasteiger partial charge in [0.25, 0.3) is 0 Å². The van der Waals surface area contributed by atoms with E-state index >= 15 is 0 Å². The summed E-state index contributed by atoms with van der Waals surface area (Å²) in [6.07, 6.45) is 3.86. The van der Waals surface area contributed by atoms with Crippen LogP contribution in [-0.4, -0.2) is 41.8 Å². The molecule has 30 heavy (non-hydrogen) atoms. The van der Waals surface area contributed by atoms with Crippen molar-refractivity contribution in [1.29, 1.82) is 0 Å². The number of benzene rings is 2. The molecule has 0 spiro atoms. The number of hydrogen-bond acceptors (Lipinski definition) is 5. The molecular weight excluding hydrogens is 398 g/mol. The van der Waals surface area contributed by atoms with Gasteiger partial charge in [-0.3, -0.25) is 14.4 Å². The molecule has 1 N–H and O–H groups in total. The first-order valence-corrected chi connectivity index (χ1v) is 11.3. The summed E-state index contributed by atoms with van der Waals surface area (Å²) in [7, 11) is 0. The summed E-state index contributed by atoms with van der Waals surface area (Å²) < 4.78 is 0. The second-order valence-corrected chi connectivity index (χ2v) is 8.74. The molecule has 156 valence electrons. The van der Waals surface area contributed by atoms with Gasteiger partial charge < -0.3 is 10.2 Å². The van der Waals surface area contributed by atoms with Crippen molar-refractivity contribution < 1.29 is 14.4 Å². The van der Waals surface area contributed by atoms with Crippen molar-refractivity contribution >= 4 is 46.5 Å². The monoisotopic (exact) mass is 423 g/mol. The Morgan fingerprint density at radius 2 is 1.63 bits per heavy atom. The first-order valence-electron chi connectivity index (χ1n) is 10.3. The van der Waals surface area contributed by atoms with E-state index < -0.39 is 5.25 Å². The predicted octanol–water partition coefficient (Wildman–Crippen LogP) is 3.68. The first-order chi connectivity index (χ1) is 14.6. The van der Waals surface area contributed by atoms with Crippen molar-refractivity contribution in [3.8, 4) is 0 Å². The highest BCUT2D eigenvalue weighted by molar-refractivity contribution is 8.01. The molecule has 0 unspecified atom stereocenters. The maximum Gasteiger partial charge on any atom is 0.247 e. The van der Waals surface area contributed by atoms with Crippen molar-refractivity contribution in [2.75, 3.05) is 34.0 Å². The number of rotatable bonds is 6. The van der Waals surface area contributed by atoms with E-state index in [9.17, 15) is 14.4 Å². The van der Waals surface area contributed by atoms with Gasteiger partial charge >= 0.3 is 0 Å². The molecule has 3 amide bonds. The number of nitrogens with one attached hydrogen (secondary N) is 1. The molecule has 1 atom stereocenters. The quantitative estimate of drug-likeness (QED) is 0.718. The van der Waals surface area contributed by atoms with Crippen LogP contribution in [0.25, 0.3) is 0 Å². The molecule has 0 bridgehead atoms. The van der Waals surface area contributed by atoms with Gasteiger partial charge in [-0.2, -0.15) is 0 Å². The molecule has 2 saturated heterocycles. The summed E-state index contributed by atoms with van der Waals surface area (Å²) in [6, 6.07) is 16.8. The van der Waals surface area contributed by atoms with Crippen LogP contribution >= 0.6 is 11.8 Å². The summed E-state index contributed by atoms with van der Waals surface area (Å²) in [5, 5.41) is 2.35. The second-order valence-electron chi connectivity index (χ2n) is 7.55. The average Bonchev–Trinajstić information content (AvgIpc) is 3.07. The molecule has 2 aliphatic heterocycles.